The summed E-state index contributed by atoms with van der Waals surface area (Å²) >= 11 is 3.59. The second kappa shape index (κ2) is 9.38. The van der Waals surface area contributed by atoms with Crippen LogP contribution in [0.1, 0.15) is 57.6 Å². The SMILES string of the molecule is CCCCCCC(NC)c1ccc(OCC)c(Br)c1. The Kier molecular flexibility index (Phi) is 8.15. The molecule has 0 saturated carbocycles. The summed E-state index contributed by atoms with van der Waals surface area (Å²) in [5, 5.41) is 3.41. The minimum atomic E-state index is 0.434. The van der Waals surface area contributed by atoms with Crippen molar-refractivity contribution in [3.8, 4) is 5.75 Å². The molecule has 0 aromatic heterocycles. The highest BCUT2D eigenvalue weighted by molar-refractivity contribution is 9.10. The molecule has 0 radical (unpaired) electrons. The van der Waals surface area contributed by atoms with E-state index in [0.29, 0.717) is 12.6 Å². The molecule has 0 amide bonds. The second-order valence-electron chi connectivity index (χ2n) is 4.81. The number of unbranched alkanes of at least 4 members (excludes halogenated alkanes) is 3. The summed E-state index contributed by atoms with van der Waals surface area (Å²) < 4.78 is 6.59. The van der Waals surface area contributed by atoms with Gasteiger partial charge in [-0.25, -0.2) is 0 Å². The van der Waals surface area contributed by atoms with Crippen molar-refractivity contribution in [2.75, 3.05) is 13.7 Å². The zero-order valence-corrected chi connectivity index (χ0v) is 13.9. The van der Waals surface area contributed by atoms with Crippen LogP contribution in [0.3, 0.4) is 0 Å². The van der Waals surface area contributed by atoms with E-state index in [1.807, 2.05) is 14.0 Å². The third-order valence-corrected chi connectivity index (χ3v) is 3.97. The lowest BCUT2D eigenvalue weighted by atomic mass is 10.00. The van der Waals surface area contributed by atoms with Crippen molar-refractivity contribution in [3.63, 3.8) is 0 Å². The van der Waals surface area contributed by atoms with Crippen LogP contribution in [-0.2, 0) is 0 Å². The molecule has 2 nitrogen and oxygen atoms in total. The molecular formula is C16H26BrNO. The van der Waals surface area contributed by atoms with Crippen LogP contribution in [0.5, 0.6) is 5.75 Å². The smallest absolute Gasteiger partial charge is 0.133 e. The van der Waals surface area contributed by atoms with Gasteiger partial charge in [-0.2, -0.15) is 0 Å². The highest BCUT2D eigenvalue weighted by Crippen LogP contribution is 2.30. The molecular weight excluding hydrogens is 302 g/mol. The van der Waals surface area contributed by atoms with Crippen molar-refractivity contribution in [2.45, 2.75) is 52.0 Å². The summed E-state index contributed by atoms with van der Waals surface area (Å²) in [5.74, 6) is 0.923. The fourth-order valence-electron chi connectivity index (χ4n) is 2.26. The van der Waals surface area contributed by atoms with E-state index in [1.54, 1.807) is 0 Å². The Labute approximate surface area is 126 Å². The summed E-state index contributed by atoms with van der Waals surface area (Å²) in [6, 6.07) is 6.82. The van der Waals surface area contributed by atoms with Crippen molar-refractivity contribution in [3.05, 3.63) is 28.2 Å². The number of hydrogen-bond donors (Lipinski definition) is 1. The first-order chi connectivity index (χ1) is 9.22. The van der Waals surface area contributed by atoms with E-state index >= 15 is 0 Å². The highest BCUT2D eigenvalue weighted by atomic mass is 79.9. The minimum Gasteiger partial charge on any atom is -0.493 e. The van der Waals surface area contributed by atoms with Crippen molar-refractivity contribution in [2.24, 2.45) is 0 Å². The van der Waals surface area contributed by atoms with Gasteiger partial charge in [0.15, 0.2) is 0 Å². The number of rotatable bonds is 9. The van der Waals surface area contributed by atoms with Gasteiger partial charge in [0.1, 0.15) is 5.75 Å². The molecule has 1 unspecified atom stereocenters. The zero-order chi connectivity index (χ0) is 14.1. The lowest BCUT2D eigenvalue weighted by molar-refractivity contribution is 0.338. The maximum absolute atomic E-state index is 5.55. The molecule has 0 aliphatic carbocycles. The van der Waals surface area contributed by atoms with Gasteiger partial charge in [-0.3, -0.25) is 0 Å². The maximum Gasteiger partial charge on any atom is 0.133 e. The van der Waals surface area contributed by atoms with E-state index in [-0.39, 0.29) is 0 Å². The Balaban J connectivity index is 2.62. The molecule has 0 aliphatic heterocycles. The largest absolute Gasteiger partial charge is 0.493 e. The monoisotopic (exact) mass is 327 g/mol. The van der Waals surface area contributed by atoms with Gasteiger partial charge in [0.05, 0.1) is 11.1 Å². The van der Waals surface area contributed by atoms with E-state index < -0.39 is 0 Å². The van der Waals surface area contributed by atoms with Crippen LogP contribution in [0.2, 0.25) is 0 Å². The summed E-state index contributed by atoms with van der Waals surface area (Å²) in [6.07, 6.45) is 6.43. The molecule has 0 heterocycles. The molecule has 1 atom stereocenters. The van der Waals surface area contributed by atoms with E-state index in [1.165, 1.54) is 37.7 Å². The predicted molar refractivity (Wildman–Crippen MR) is 85.9 cm³/mol. The Bertz CT molecular complexity index is 368. The van der Waals surface area contributed by atoms with Gasteiger partial charge < -0.3 is 10.1 Å². The average molecular weight is 328 g/mol. The van der Waals surface area contributed by atoms with E-state index in [4.69, 9.17) is 4.74 Å². The van der Waals surface area contributed by atoms with Crippen LogP contribution in [0.15, 0.2) is 22.7 Å². The Morgan fingerprint density at radius 2 is 2.00 bits per heavy atom. The molecule has 1 N–H and O–H groups in total. The van der Waals surface area contributed by atoms with Crippen molar-refractivity contribution < 1.29 is 4.74 Å². The number of ether oxygens (including phenoxy) is 1. The number of benzene rings is 1. The second-order valence-corrected chi connectivity index (χ2v) is 5.67. The molecule has 1 rings (SSSR count). The quantitative estimate of drug-likeness (QED) is 0.638. The summed E-state index contributed by atoms with van der Waals surface area (Å²) in [4.78, 5) is 0. The fraction of sp³-hybridized carbons (Fsp3) is 0.625. The van der Waals surface area contributed by atoms with Crippen LogP contribution >= 0.6 is 15.9 Å². The summed E-state index contributed by atoms with van der Waals surface area (Å²) in [6.45, 7) is 4.95. The van der Waals surface area contributed by atoms with E-state index in [2.05, 4.69) is 46.4 Å². The Morgan fingerprint density at radius 1 is 1.21 bits per heavy atom. The minimum absolute atomic E-state index is 0.434. The highest BCUT2D eigenvalue weighted by Gasteiger charge is 2.11. The lowest BCUT2D eigenvalue weighted by Crippen LogP contribution is -2.16. The van der Waals surface area contributed by atoms with E-state index in [0.717, 1.165) is 10.2 Å². The van der Waals surface area contributed by atoms with Crippen LogP contribution in [0.4, 0.5) is 0 Å². The van der Waals surface area contributed by atoms with Crippen molar-refractivity contribution in [1.82, 2.24) is 5.32 Å². The molecule has 0 saturated heterocycles. The Hall–Kier alpha value is -0.540. The summed E-state index contributed by atoms with van der Waals surface area (Å²) in [7, 11) is 2.04. The summed E-state index contributed by atoms with van der Waals surface area (Å²) in [5.41, 5.74) is 1.33. The molecule has 0 aliphatic rings. The normalized spacial score (nSPS) is 12.4. The third kappa shape index (κ3) is 5.53. The number of hydrogen-bond acceptors (Lipinski definition) is 2. The van der Waals surface area contributed by atoms with Gasteiger partial charge >= 0.3 is 0 Å². The van der Waals surface area contributed by atoms with Gasteiger partial charge in [0.2, 0.25) is 0 Å². The zero-order valence-electron chi connectivity index (χ0n) is 12.3. The molecule has 19 heavy (non-hydrogen) atoms. The standard InChI is InChI=1S/C16H26BrNO/c1-4-6-7-8-9-15(18-3)13-10-11-16(19-5-2)14(17)12-13/h10-12,15,18H,4-9H2,1-3H3. The van der Waals surface area contributed by atoms with Gasteiger partial charge in [0.25, 0.3) is 0 Å². The van der Waals surface area contributed by atoms with Crippen molar-refractivity contribution in [1.29, 1.82) is 0 Å². The molecule has 0 bridgehead atoms. The van der Waals surface area contributed by atoms with E-state index in [9.17, 15) is 0 Å². The van der Waals surface area contributed by atoms with Gasteiger partial charge in [-0.05, 0) is 54.0 Å². The van der Waals surface area contributed by atoms with Crippen LogP contribution in [-0.4, -0.2) is 13.7 Å². The first-order valence-corrected chi connectivity index (χ1v) is 8.11. The molecule has 1 aromatic rings. The van der Waals surface area contributed by atoms with Crippen molar-refractivity contribution >= 4 is 15.9 Å². The first-order valence-electron chi connectivity index (χ1n) is 7.32. The number of halogens is 1. The van der Waals surface area contributed by atoms with Crippen LogP contribution in [0.25, 0.3) is 0 Å². The fourth-order valence-corrected chi connectivity index (χ4v) is 2.77. The molecule has 108 valence electrons. The molecule has 0 fully saturated rings. The third-order valence-electron chi connectivity index (χ3n) is 3.35. The maximum atomic E-state index is 5.55. The van der Waals surface area contributed by atoms with Gasteiger partial charge in [-0.1, -0.05) is 38.7 Å². The van der Waals surface area contributed by atoms with Gasteiger partial charge in [-0.15, -0.1) is 0 Å². The molecule has 0 spiro atoms. The average Bonchev–Trinajstić information content (AvgIpc) is 2.42. The molecule has 3 heteroatoms. The molecule has 1 aromatic carbocycles. The topological polar surface area (TPSA) is 21.3 Å². The van der Waals surface area contributed by atoms with Gasteiger partial charge in [0, 0.05) is 6.04 Å². The van der Waals surface area contributed by atoms with Crippen LogP contribution in [0, 0.1) is 0 Å². The predicted octanol–water partition coefficient (Wildman–Crippen LogP) is 5.08. The first kappa shape index (κ1) is 16.5. The Morgan fingerprint density at radius 3 is 2.58 bits per heavy atom. The number of nitrogens with one attached hydrogen (secondary N) is 1. The van der Waals surface area contributed by atoms with Crippen LogP contribution < -0.4 is 10.1 Å². The lowest BCUT2D eigenvalue weighted by Gasteiger charge is -2.18.